The molecule has 1 heterocycles. The second-order valence-electron chi connectivity index (χ2n) is 9.77. The van der Waals surface area contributed by atoms with E-state index in [9.17, 15) is 24.6 Å². The standard InChI is InChI=1S/C31H31NO8/c1-7-8-9-10-39-19-11-16(2)20(17(3)12-19)15-32-30(37)26-23(38-6)13-22(35)27-28(26)40-24-14-21(34)25(18(4)33)29(36)31(24,27)5/h11-14,34-35H,7,10,15H2,1-6H3,(H,32,37)/t31-/m1/s1. The number of phenolic OH excluding ortho intramolecular Hbond substituents is 1. The minimum absolute atomic E-state index is 0.0148. The normalized spacial score (nSPS) is 17.1. The lowest BCUT2D eigenvalue weighted by molar-refractivity contribution is -0.123. The summed E-state index contributed by atoms with van der Waals surface area (Å²) in [4.78, 5) is 39.1. The average Bonchev–Trinajstić information content (AvgIpc) is 3.19. The fourth-order valence-corrected chi connectivity index (χ4v) is 5.09. The van der Waals surface area contributed by atoms with Crippen molar-refractivity contribution in [3.05, 3.63) is 69.2 Å². The molecule has 0 bridgehead atoms. The number of benzene rings is 2. The molecular weight excluding hydrogens is 514 g/mol. The number of allylic oxidation sites excluding steroid dienone is 3. The number of phenols is 1. The fraction of sp³-hybridized carbons (Fsp3) is 0.323. The Bertz CT molecular complexity index is 1550. The number of Topliss-reactive ketones (excluding diaryl/α,β-unsaturated/α-hetero) is 2. The number of ether oxygens (including phenoxy) is 3. The van der Waals surface area contributed by atoms with E-state index in [-0.39, 0.29) is 47.3 Å². The van der Waals surface area contributed by atoms with Gasteiger partial charge in [0.1, 0.15) is 51.9 Å². The molecule has 0 radical (unpaired) electrons. The molecule has 2 aliphatic rings. The Morgan fingerprint density at radius 3 is 2.40 bits per heavy atom. The number of hydrogen-bond acceptors (Lipinski definition) is 8. The zero-order valence-electron chi connectivity index (χ0n) is 23.3. The summed E-state index contributed by atoms with van der Waals surface area (Å²) in [6.07, 6.45) is 1.92. The van der Waals surface area contributed by atoms with Crippen LogP contribution in [0.3, 0.4) is 0 Å². The second kappa shape index (κ2) is 10.8. The number of ketones is 2. The minimum Gasteiger partial charge on any atom is -0.507 e. The van der Waals surface area contributed by atoms with Gasteiger partial charge in [0.2, 0.25) is 0 Å². The molecule has 0 fully saturated rings. The highest BCUT2D eigenvalue weighted by molar-refractivity contribution is 6.25. The van der Waals surface area contributed by atoms with Gasteiger partial charge in [-0.25, -0.2) is 0 Å². The Hall–Kier alpha value is -4.71. The van der Waals surface area contributed by atoms with Crippen molar-refractivity contribution in [2.75, 3.05) is 13.7 Å². The van der Waals surface area contributed by atoms with Crippen LogP contribution in [0.4, 0.5) is 0 Å². The highest BCUT2D eigenvalue weighted by Crippen LogP contribution is 2.56. The van der Waals surface area contributed by atoms with Crippen molar-refractivity contribution < 1.29 is 38.8 Å². The molecular formula is C31H31NO8. The van der Waals surface area contributed by atoms with Crippen molar-refractivity contribution in [2.45, 2.75) is 53.0 Å². The Morgan fingerprint density at radius 1 is 1.12 bits per heavy atom. The van der Waals surface area contributed by atoms with Crippen LogP contribution in [0.5, 0.6) is 23.0 Å². The lowest BCUT2D eigenvalue weighted by Gasteiger charge is -2.27. The first-order chi connectivity index (χ1) is 18.9. The largest absolute Gasteiger partial charge is 0.507 e. The molecule has 0 spiro atoms. The fourth-order valence-electron chi connectivity index (χ4n) is 5.09. The predicted octanol–water partition coefficient (Wildman–Crippen LogP) is 4.26. The number of aliphatic hydroxyl groups is 1. The Kier molecular flexibility index (Phi) is 7.65. The number of fused-ring (bicyclic) bond motifs is 3. The van der Waals surface area contributed by atoms with Gasteiger partial charge in [-0.15, -0.1) is 5.92 Å². The first-order valence-corrected chi connectivity index (χ1v) is 12.8. The maximum absolute atomic E-state index is 13.6. The molecule has 0 aromatic heterocycles. The number of methoxy groups -OCH3 is 1. The maximum atomic E-state index is 13.6. The summed E-state index contributed by atoms with van der Waals surface area (Å²) in [6, 6.07) is 4.98. The maximum Gasteiger partial charge on any atom is 0.259 e. The van der Waals surface area contributed by atoms with Crippen molar-refractivity contribution >= 4 is 17.5 Å². The van der Waals surface area contributed by atoms with Crippen LogP contribution in [0.2, 0.25) is 0 Å². The predicted molar refractivity (Wildman–Crippen MR) is 147 cm³/mol. The van der Waals surface area contributed by atoms with Gasteiger partial charge in [0.05, 0.1) is 12.7 Å². The number of carbonyl (C=O) groups is 3. The van der Waals surface area contributed by atoms with E-state index in [0.29, 0.717) is 5.75 Å². The summed E-state index contributed by atoms with van der Waals surface area (Å²) in [5.41, 5.74) is 0.651. The lowest BCUT2D eigenvalue weighted by Crippen LogP contribution is -2.38. The van der Waals surface area contributed by atoms with Gasteiger partial charge in [-0.1, -0.05) is 12.8 Å². The Balaban J connectivity index is 1.67. The van der Waals surface area contributed by atoms with Crippen molar-refractivity contribution in [2.24, 2.45) is 0 Å². The quantitative estimate of drug-likeness (QED) is 0.348. The lowest BCUT2D eigenvalue weighted by atomic mass is 9.71. The van der Waals surface area contributed by atoms with Crippen molar-refractivity contribution in [3.8, 4) is 34.8 Å². The van der Waals surface area contributed by atoms with Gasteiger partial charge in [-0.3, -0.25) is 14.4 Å². The zero-order chi connectivity index (χ0) is 29.4. The molecule has 1 aliphatic carbocycles. The van der Waals surface area contributed by atoms with Gasteiger partial charge < -0.3 is 29.7 Å². The first-order valence-electron chi connectivity index (χ1n) is 12.8. The third-order valence-corrected chi connectivity index (χ3v) is 7.14. The van der Waals surface area contributed by atoms with E-state index in [1.165, 1.54) is 20.1 Å². The molecule has 0 unspecified atom stereocenters. The van der Waals surface area contributed by atoms with Crippen LogP contribution >= 0.6 is 0 Å². The van der Waals surface area contributed by atoms with E-state index >= 15 is 0 Å². The van der Waals surface area contributed by atoms with Gasteiger partial charge in [0.15, 0.2) is 17.3 Å². The third-order valence-electron chi connectivity index (χ3n) is 7.14. The number of amides is 1. The molecule has 3 N–H and O–H groups in total. The van der Waals surface area contributed by atoms with Crippen LogP contribution in [0.15, 0.2) is 41.4 Å². The van der Waals surface area contributed by atoms with Crippen LogP contribution < -0.4 is 19.5 Å². The smallest absolute Gasteiger partial charge is 0.259 e. The highest BCUT2D eigenvalue weighted by atomic mass is 16.5. The average molecular weight is 546 g/mol. The van der Waals surface area contributed by atoms with Gasteiger partial charge in [0, 0.05) is 25.1 Å². The molecule has 0 saturated carbocycles. The molecule has 0 saturated heterocycles. The van der Waals surface area contributed by atoms with E-state index in [4.69, 9.17) is 14.2 Å². The minimum atomic E-state index is -1.63. The number of aryl methyl sites for hydroxylation is 2. The van der Waals surface area contributed by atoms with E-state index < -0.39 is 34.2 Å². The molecule has 9 nitrogen and oxygen atoms in total. The zero-order valence-corrected chi connectivity index (χ0v) is 23.3. The molecule has 40 heavy (non-hydrogen) atoms. The molecule has 4 rings (SSSR count). The van der Waals surface area contributed by atoms with E-state index in [1.807, 2.05) is 32.9 Å². The third kappa shape index (κ3) is 4.66. The SMILES string of the molecule is CCC#CCOc1cc(C)c(CNC(=O)c2c(OC)cc(O)c3c2OC2=CC(O)=C(C(C)=O)C(=O)[C@]23C)c(C)c1. The Labute approximate surface area is 232 Å². The number of carbonyl (C=O) groups excluding carboxylic acids is 3. The number of rotatable bonds is 7. The second-order valence-corrected chi connectivity index (χ2v) is 9.77. The van der Waals surface area contributed by atoms with Gasteiger partial charge in [-0.2, -0.15) is 0 Å². The number of hydrogen-bond donors (Lipinski definition) is 3. The van der Waals surface area contributed by atoms with Crippen LogP contribution in [-0.4, -0.2) is 41.4 Å². The number of aromatic hydroxyl groups is 1. The van der Waals surface area contributed by atoms with Gasteiger partial charge in [0.25, 0.3) is 5.91 Å². The van der Waals surface area contributed by atoms with Crippen LogP contribution in [0, 0.1) is 25.7 Å². The van der Waals surface area contributed by atoms with E-state index in [0.717, 1.165) is 36.1 Å². The number of aliphatic hydroxyl groups excluding tert-OH is 1. The summed E-state index contributed by atoms with van der Waals surface area (Å²) >= 11 is 0. The van der Waals surface area contributed by atoms with Gasteiger partial charge in [-0.05, 0) is 56.5 Å². The van der Waals surface area contributed by atoms with Crippen LogP contribution in [0.25, 0.3) is 0 Å². The van der Waals surface area contributed by atoms with Crippen molar-refractivity contribution in [1.82, 2.24) is 5.32 Å². The molecule has 9 heteroatoms. The van der Waals surface area contributed by atoms with Crippen LogP contribution in [-0.2, 0) is 21.5 Å². The summed E-state index contributed by atoms with van der Waals surface area (Å²) in [6.45, 7) is 8.88. The molecule has 2 aromatic carbocycles. The molecule has 208 valence electrons. The first kappa shape index (κ1) is 28.3. The van der Waals surface area contributed by atoms with Crippen molar-refractivity contribution in [1.29, 1.82) is 0 Å². The molecule has 1 aliphatic heterocycles. The monoisotopic (exact) mass is 545 g/mol. The van der Waals surface area contributed by atoms with E-state index in [1.54, 1.807) is 0 Å². The number of nitrogens with one attached hydrogen (secondary N) is 1. The topological polar surface area (TPSA) is 131 Å². The summed E-state index contributed by atoms with van der Waals surface area (Å²) < 4.78 is 17.0. The summed E-state index contributed by atoms with van der Waals surface area (Å²) in [5, 5.41) is 24.1. The summed E-state index contributed by atoms with van der Waals surface area (Å²) in [5.74, 6) is 3.67. The van der Waals surface area contributed by atoms with Gasteiger partial charge >= 0.3 is 0 Å². The van der Waals surface area contributed by atoms with Crippen LogP contribution in [0.1, 0.15) is 59.8 Å². The van der Waals surface area contributed by atoms with Crippen molar-refractivity contribution in [3.63, 3.8) is 0 Å². The molecule has 1 amide bonds. The Morgan fingerprint density at radius 2 is 1.80 bits per heavy atom. The molecule has 2 aromatic rings. The van der Waals surface area contributed by atoms with E-state index in [2.05, 4.69) is 17.2 Å². The molecule has 1 atom stereocenters. The highest BCUT2D eigenvalue weighted by Gasteiger charge is 2.55. The summed E-state index contributed by atoms with van der Waals surface area (Å²) in [7, 11) is 1.34.